The van der Waals surface area contributed by atoms with Gasteiger partial charge in [0.2, 0.25) is 0 Å². The number of thiophene rings is 2. The minimum absolute atomic E-state index is 1.20. The number of hydrogen-bond donors (Lipinski definition) is 0. The molecule has 0 atom stereocenters. The lowest BCUT2D eigenvalue weighted by molar-refractivity contribution is 1.60. The van der Waals surface area contributed by atoms with Gasteiger partial charge in [0.15, 0.2) is 0 Å². The molecule has 3 aromatic carbocycles. The Morgan fingerprint density at radius 1 is 0.438 bits per heavy atom. The van der Waals surface area contributed by atoms with Gasteiger partial charge in [0.1, 0.15) is 0 Å². The normalized spacial score (nSPS) is 11.5. The maximum atomic E-state index is 2.34. The van der Waals surface area contributed by atoms with Crippen LogP contribution in [0.4, 0.5) is 0 Å². The largest absolute Gasteiger partial charge is 0.144 e. The van der Waals surface area contributed by atoms with Gasteiger partial charge < -0.3 is 0 Å². The molecule has 0 amide bonds. The molecule has 2 heteroatoms. The van der Waals surface area contributed by atoms with Gasteiger partial charge in [-0.2, -0.15) is 0 Å². The van der Waals surface area contributed by atoms with E-state index in [1.807, 2.05) is 0 Å². The predicted molar refractivity (Wildman–Crippen MR) is 144 cm³/mol. The highest BCUT2D eigenvalue weighted by atomic mass is 32.1. The first-order valence-electron chi connectivity index (χ1n) is 10.6. The molecule has 0 aliphatic carbocycles. The topological polar surface area (TPSA) is 0 Å². The molecule has 32 heavy (non-hydrogen) atoms. The van der Waals surface area contributed by atoms with Crippen molar-refractivity contribution in [3.8, 4) is 20.9 Å². The highest BCUT2D eigenvalue weighted by Gasteiger charge is 2.12. The van der Waals surface area contributed by atoms with E-state index in [4.69, 9.17) is 0 Å². The number of benzene rings is 3. The van der Waals surface area contributed by atoms with Crippen LogP contribution in [0.2, 0.25) is 0 Å². The van der Waals surface area contributed by atoms with Gasteiger partial charge in [-0.3, -0.25) is 0 Å². The lowest BCUT2D eigenvalue weighted by Gasteiger charge is -2.12. The predicted octanol–water partition coefficient (Wildman–Crippen LogP) is 9.48. The van der Waals surface area contributed by atoms with Crippen LogP contribution in [0, 0.1) is 0 Å². The van der Waals surface area contributed by atoms with E-state index in [1.54, 1.807) is 22.7 Å². The van der Waals surface area contributed by atoms with E-state index in [0.717, 1.165) is 0 Å². The van der Waals surface area contributed by atoms with Crippen LogP contribution >= 0.6 is 22.7 Å². The fraction of sp³-hybridized carbons (Fsp3) is 0. The molecule has 0 unspecified atom stereocenters. The quantitative estimate of drug-likeness (QED) is 0.228. The van der Waals surface area contributed by atoms with Crippen LogP contribution in [0.5, 0.6) is 0 Å². The van der Waals surface area contributed by atoms with Crippen molar-refractivity contribution in [1.82, 2.24) is 0 Å². The van der Waals surface area contributed by atoms with Crippen molar-refractivity contribution in [1.29, 1.82) is 0 Å². The zero-order valence-electron chi connectivity index (χ0n) is 17.5. The number of hydrogen-bond acceptors (Lipinski definition) is 2. The molecule has 2 aromatic heterocycles. The Balaban J connectivity index is 1.65. The summed E-state index contributed by atoms with van der Waals surface area (Å²) in [5, 5.41) is 4.29. The Hall–Kier alpha value is -3.46. The lowest BCUT2D eigenvalue weighted by atomic mass is 9.95. The SMILES string of the molecule is C(=C/c1cc(-c2cccs2)c(/C=C\c2ccccc2)cc1-c1cccs1)/c1ccccc1. The average molecular weight is 447 g/mol. The Bertz CT molecular complexity index is 1220. The van der Waals surface area contributed by atoms with Crippen molar-refractivity contribution < 1.29 is 0 Å². The molecule has 0 fully saturated rings. The first-order valence-corrected chi connectivity index (χ1v) is 12.3. The molecule has 0 aliphatic rings. The lowest BCUT2D eigenvalue weighted by Crippen LogP contribution is -1.88. The summed E-state index contributed by atoms with van der Waals surface area (Å²) in [4.78, 5) is 2.56. The van der Waals surface area contributed by atoms with Gasteiger partial charge in [-0.15, -0.1) is 22.7 Å². The van der Waals surface area contributed by atoms with E-state index in [0.29, 0.717) is 0 Å². The fourth-order valence-corrected chi connectivity index (χ4v) is 5.23. The highest BCUT2D eigenvalue weighted by Crippen LogP contribution is 2.37. The summed E-state index contributed by atoms with van der Waals surface area (Å²) >= 11 is 3.57. The number of rotatable bonds is 6. The van der Waals surface area contributed by atoms with Crippen LogP contribution in [-0.4, -0.2) is 0 Å². The molecule has 5 aromatic rings. The van der Waals surface area contributed by atoms with E-state index in [2.05, 4.69) is 132 Å². The highest BCUT2D eigenvalue weighted by molar-refractivity contribution is 7.14. The molecule has 0 saturated heterocycles. The van der Waals surface area contributed by atoms with Gasteiger partial charge in [-0.1, -0.05) is 97.1 Å². The third kappa shape index (κ3) is 4.72. The fourth-order valence-electron chi connectivity index (χ4n) is 3.70. The molecule has 0 spiro atoms. The molecule has 0 aliphatic heterocycles. The maximum absolute atomic E-state index is 2.34. The summed E-state index contributed by atoms with van der Waals surface area (Å²) in [5.74, 6) is 0. The van der Waals surface area contributed by atoms with Gasteiger partial charge in [-0.25, -0.2) is 0 Å². The Morgan fingerprint density at radius 3 is 1.25 bits per heavy atom. The molecule has 2 heterocycles. The van der Waals surface area contributed by atoms with Crippen LogP contribution in [0.25, 0.3) is 45.2 Å². The van der Waals surface area contributed by atoms with Crippen molar-refractivity contribution in [3.63, 3.8) is 0 Å². The van der Waals surface area contributed by atoms with Crippen molar-refractivity contribution in [3.05, 3.63) is 130 Å². The molecule has 5 rings (SSSR count). The Labute approximate surface area is 197 Å². The van der Waals surface area contributed by atoms with E-state index in [9.17, 15) is 0 Å². The summed E-state index contributed by atoms with van der Waals surface area (Å²) in [6, 6.07) is 34.3. The van der Waals surface area contributed by atoms with Gasteiger partial charge in [0.05, 0.1) is 0 Å². The van der Waals surface area contributed by atoms with Gasteiger partial charge in [0, 0.05) is 9.75 Å². The average Bonchev–Trinajstić information content (AvgIpc) is 3.57. The summed E-state index contributed by atoms with van der Waals surface area (Å²) < 4.78 is 0. The summed E-state index contributed by atoms with van der Waals surface area (Å²) in [5.41, 5.74) is 7.40. The molecule has 0 bridgehead atoms. The Morgan fingerprint density at radius 2 is 0.875 bits per heavy atom. The van der Waals surface area contributed by atoms with Gasteiger partial charge >= 0.3 is 0 Å². The van der Waals surface area contributed by atoms with Crippen LogP contribution < -0.4 is 0 Å². The summed E-state index contributed by atoms with van der Waals surface area (Å²) in [6.45, 7) is 0. The smallest absolute Gasteiger partial charge is 0.0348 e. The van der Waals surface area contributed by atoms with Crippen LogP contribution in [0.15, 0.2) is 108 Å². The first kappa shape index (κ1) is 20.4. The second-order valence-corrected chi connectivity index (χ2v) is 9.36. The third-order valence-electron chi connectivity index (χ3n) is 5.30. The van der Waals surface area contributed by atoms with E-state index in [-0.39, 0.29) is 0 Å². The molecule has 0 N–H and O–H groups in total. The second-order valence-electron chi connectivity index (χ2n) is 7.47. The van der Waals surface area contributed by atoms with Crippen LogP contribution in [0.1, 0.15) is 22.3 Å². The molecule has 0 radical (unpaired) electrons. The van der Waals surface area contributed by atoms with E-state index in [1.165, 1.54) is 43.1 Å². The van der Waals surface area contributed by atoms with Crippen molar-refractivity contribution in [2.45, 2.75) is 0 Å². The molecule has 0 nitrogen and oxygen atoms in total. The summed E-state index contributed by atoms with van der Waals surface area (Å²) in [7, 11) is 0. The van der Waals surface area contributed by atoms with Crippen molar-refractivity contribution >= 4 is 47.0 Å². The third-order valence-corrected chi connectivity index (χ3v) is 7.11. The van der Waals surface area contributed by atoms with Crippen molar-refractivity contribution in [2.75, 3.05) is 0 Å². The molecule has 0 saturated carbocycles. The zero-order valence-corrected chi connectivity index (χ0v) is 19.2. The molecular formula is C30H22S2. The van der Waals surface area contributed by atoms with E-state index >= 15 is 0 Å². The molecular weight excluding hydrogens is 424 g/mol. The molecule has 154 valence electrons. The van der Waals surface area contributed by atoms with Crippen molar-refractivity contribution in [2.24, 2.45) is 0 Å². The second kappa shape index (κ2) is 9.78. The maximum Gasteiger partial charge on any atom is 0.0348 e. The van der Waals surface area contributed by atoms with Crippen LogP contribution in [0.3, 0.4) is 0 Å². The van der Waals surface area contributed by atoms with E-state index < -0.39 is 0 Å². The summed E-state index contributed by atoms with van der Waals surface area (Å²) in [6.07, 6.45) is 8.88. The minimum atomic E-state index is 1.20. The monoisotopic (exact) mass is 446 g/mol. The van der Waals surface area contributed by atoms with Gasteiger partial charge in [-0.05, 0) is 68.4 Å². The zero-order chi connectivity index (χ0) is 21.6. The van der Waals surface area contributed by atoms with Gasteiger partial charge in [0.25, 0.3) is 0 Å². The first-order chi connectivity index (χ1) is 15.9. The minimum Gasteiger partial charge on any atom is -0.144 e. The standard InChI is InChI=1S/C30H22S2/c1-3-9-23(10-4-1)15-17-25-21-28(30-14-8-20-32-30)26(18-16-24-11-5-2-6-12-24)22-27(25)29-13-7-19-31-29/h1-22H/b17-15-,18-16-. The Kier molecular flexibility index (Phi) is 6.25. The van der Waals surface area contributed by atoms with Crippen LogP contribution in [-0.2, 0) is 0 Å².